The number of methoxy groups -OCH3 is 2. The van der Waals surface area contributed by atoms with Crippen molar-refractivity contribution in [3.05, 3.63) is 24.3 Å². The molecule has 0 amide bonds. The van der Waals surface area contributed by atoms with Crippen molar-refractivity contribution in [2.45, 2.75) is 190 Å². The van der Waals surface area contributed by atoms with Gasteiger partial charge in [0.1, 0.15) is 36.8 Å². The largest absolute Gasteiger partial charge is 0.462 e. The van der Waals surface area contributed by atoms with Crippen LogP contribution in [0.25, 0.3) is 0 Å². The highest BCUT2D eigenvalue weighted by atomic mass is 16.7. The molecule has 0 radical (unpaired) electrons. The van der Waals surface area contributed by atoms with Gasteiger partial charge in [-0.2, -0.15) is 0 Å². The summed E-state index contributed by atoms with van der Waals surface area (Å²) in [5.74, 6) is -1.20. The fourth-order valence-electron chi connectivity index (χ4n) is 9.30. The monoisotopic (exact) mass is 857 g/mol. The van der Waals surface area contributed by atoms with Gasteiger partial charge in [-0.1, -0.05) is 31.2 Å². The second kappa shape index (κ2) is 23.2. The molecule has 16 nitrogen and oxygen atoms in total. The first-order valence-electron chi connectivity index (χ1n) is 21.7. The molecule has 4 aliphatic rings. The van der Waals surface area contributed by atoms with Gasteiger partial charge in [-0.05, 0) is 93.9 Å². The number of rotatable bonds is 12. The lowest BCUT2D eigenvalue weighted by Gasteiger charge is -2.50. The van der Waals surface area contributed by atoms with E-state index >= 15 is 0 Å². The predicted molar refractivity (Wildman–Crippen MR) is 222 cm³/mol. The summed E-state index contributed by atoms with van der Waals surface area (Å²) >= 11 is 0. The maximum Gasteiger partial charge on any atom is 0.308 e. The minimum atomic E-state index is -1.46. The summed E-state index contributed by atoms with van der Waals surface area (Å²) in [6, 6.07) is -0.423. The molecule has 3 saturated heterocycles. The molecule has 0 spiro atoms. The van der Waals surface area contributed by atoms with Crippen LogP contribution in [0.4, 0.5) is 0 Å². The number of nitrogens with zero attached hydrogens (tertiary/aromatic N) is 2. The first-order valence-corrected chi connectivity index (χ1v) is 21.7. The van der Waals surface area contributed by atoms with Gasteiger partial charge in [-0.15, -0.1) is 0 Å². The Bertz CT molecular complexity index is 1380. The van der Waals surface area contributed by atoms with E-state index in [-0.39, 0.29) is 37.3 Å². The summed E-state index contributed by atoms with van der Waals surface area (Å²) in [7, 11) is 10.7. The maximum atomic E-state index is 13.3. The Hall–Kier alpha value is -1.90. The molecule has 4 aliphatic heterocycles. The Labute approximate surface area is 357 Å². The third-order valence-corrected chi connectivity index (χ3v) is 12.7. The van der Waals surface area contributed by atoms with Crippen LogP contribution in [0.1, 0.15) is 86.5 Å². The quantitative estimate of drug-likeness (QED) is 0.192. The van der Waals surface area contributed by atoms with Crippen LogP contribution in [0.15, 0.2) is 24.3 Å². The van der Waals surface area contributed by atoms with Crippen molar-refractivity contribution in [1.29, 1.82) is 0 Å². The fraction of sp³-hybridized carbons (Fsp3) is 0.864. The number of aliphatic hydroxyl groups is 3. The minimum absolute atomic E-state index is 0.000641. The van der Waals surface area contributed by atoms with Gasteiger partial charge in [-0.3, -0.25) is 4.79 Å². The van der Waals surface area contributed by atoms with Crippen LogP contribution in [0.2, 0.25) is 0 Å². The number of carbonyl (C=O) groups is 2. The van der Waals surface area contributed by atoms with Crippen molar-refractivity contribution in [3.8, 4) is 0 Å². The highest BCUT2D eigenvalue weighted by Gasteiger charge is 2.52. The molecule has 3 fully saturated rings. The molecular formula is C44H76N2O14. The van der Waals surface area contributed by atoms with Gasteiger partial charge in [0.05, 0.1) is 54.7 Å². The summed E-state index contributed by atoms with van der Waals surface area (Å²) in [5.41, 5.74) is -1.46. The normalized spacial score (nSPS) is 45.2. The van der Waals surface area contributed by atoms with Crippen LogP contribution < -0.4 is 0 Å². The lowest BCUT2D eigenvalue weighted by atomic mass is 9.82. The SMILES string of the molecule is CO[C@H]1[C@H](O[C@H]2O[C@@H](C)[C@H](O[C@@H]3C[C@](C)(O)[C@H](O)[C@@H](C)O3)[C@@H](N(C)C)[C@@H]2O)[C@H](CC=O)C[C@H](C)[C@H](O[C@@H]2CC[C@@H](N(C)C)[C@H](C)O2)/C=C/C=C/C[C@H](C)OC(=O)C[C@@H]1OC. The Morgan fingerprint density at radius 3 is 2.15 bits per heavy atom. The van der Waals surface area contributed by atoms with Crippen molar-refractivity contribution in [3.63, 3.8) is 0 Å². The number of esters is 1. The number of hydrogen-bond acceptors (Lipinski definition) is 16. The number of likely N-dealkylation sites (N-methyl/N-ethyl adjacent to an activating group) is 2. The maximum absolute atomic E-state index is 13.3. The summed E-state index contributed by atoms with van der Waals surface area (Å²) in [6.45, 7) is 10.9. The molecule has 0 bridgehead atoms. The fourth-order valence-corrected chi connectivity index (χ4v) is 9.30. The van der Waals surface area contributed by atoms with E-state index < -0.39 is 103 Å². The average Bonchev–Trinajstić information content (AvgIpc) is 3.16. The standard InChI is InChI=1S/C44H76N2O14/c1-25-22-30(20-21-47)40(60-43-38(49)37(46(9)10)39(28(4)57-43)59-36-24-44(6,51)42(50)29(5)56-36)41(53-12)33(52-11)23-34(48)54-26(2)16-14-13-15-17-32(25)58-35-19-18-31(45(7)8)27(3)55-35/h13-15,17,21,25-33,35-43,49-51H,16,18-20,22-24H2,1-12H3/b14-13+,17-15+/t25-,26-,27-,28-,29+,30+,31+,32+,33-,35+,36+,37-,38-,39-,40+,41+,42+,43+,44-/m0/s1. The van der Waals surface area contributed by atoms with Gasteiger partial charge in [0.15, 0.2) is 18.9 Å². The Morgan fingerprint density at radius 2 is 1.55 bits per heavy atom. The van der Waals surface area contributed by atoms with E-state index in [1.54, 1.807) is 27.9 Å². The van der Waals surface area contributed by atoms with Crippen LogP contribution >= 0.6 is 0 Å². The van der Waals surface area contributed by atoms with E-state index in [1.165, 1.54) is 21.1 Å². The first-order chi connectivity index (χ1) is 28.3. The summed E-state index contributed by atoms with van der Waals surface area (Å²) < 4.78 is 56.6. The van der Waals surface area contributed by atoms with E-state index in [1.807, 2.05) is 36.1 Å². The van der Waals surface area contributed by atoms with E-state index in [9.17, 15) is 24.9 Å². The zero-order valence-corrected chi connectivity index (χ0v) is 38.0. The van der Waals surface area contributed by atoms with Crippen molar-refractivity contribution in [1.82, 2.24) is 9.80 Å². The number of cyclic esters (lactones) is 1. The smallest absolute Gasteiger partial charge is 0.308 e. The molecule has 4 rings (SSSR count). The molecule has 0 unspecified atom stereocenters. The number of aliphatic hydroxyl groups excluding tert-OH is 2. The second-order valence-electron chi connectivity index (χ2n) is 18.0. The molecule has 60 heavy (non-hydrogen) atoms. The Morgan fingerprint density at radius 1 is 0.850 bits per heavy atom. The van der Waals surface area contributed by atoms with Crippen LogP contribution in [-0.2, 0) is 52.2 Å². The molecule has 0 aliphatic carbocycles. The average molecular weight is 857 g/mol. The molecule has 19 atom stereocenters. The summed E-state index contributed by atoms with van der Waals surface area (Å²) in [4.78, 5) is 29.9. The van der Waals surface area contributed by atoms with E-state index in [2.05, 4.69) is 32.8 Å². The number of aldehydes is 1. The van der Waals surface area contributed by atoms with Crippen molar-refractivity contribution in [2.24, 2.45) is 11.8 Å². The first kappa shape index (κ1) is 50.7. The highest BCUT2D eigenvalue weighted by molar-refractivity contribution is 5.70. The van der Waals surface area contributed by atoms with Gasteiger partial charge in [0, 0.05) is 39.5 Å². The molecule has 4 heterocycles. The van der Waals surface area contributed by atoms with Gasteiger partial charge < -0.3 is 72.5 Å². The van der Waals surface area contributed by atoms with Crippen LogP contribution in [0.3, 0.4) is 0 Å². The lowest BCUT2D eigenvalue weighted by molar-refractivity contribution is -0.344. The second-order valence-corrected chi connectivity index (χ2v) is 18.0. The number of hydrogen-bond donors (Lipinski definition) is 3. The third-order valence-electron chi connectivity index (χ3n) is 12.7. The van der Waals surface area contributed by atoms with E-state index in [4.69, 9.17) is 42.6 Å². The zero-order chi connectivity index (χ0) is 44.5. The third kappa shape index (κ3) is 13.3. The molecule has 3 N–H and O–H groups in total. The van der Waals surface area contributed by atoms with Gasteiger partial charge in [0.2, 0.25) is 0 Å². The molecule has 346 valence electrons. The van der Waals surface area contributed by atoms with Gasteiger partial charge >= 0.3 is 5.97 Å². The van der Waals surface area contributed by atoms with E-state index in [0.29, 0.717) is 19.3 Å². The molecule has 0 aromatic heterocycles. The van der Waals surface area contributed by atoms with Crippen LogP contribution in [0, 0.1) is 11.8 Å². The molecule has 16 heteroatoms. The molecule has 0 saturated carbocycles. The zero-order valence-electron chi connectivity index (χ0n) is 38.0. The van der Waals surface area contributed by atoms with Crippen LogP contribution in [-0.4, -0.2) is 183 Å². The predicted octanol–water partition coefficient (Wildman–Crippen LogP) is 2.98. The summed E-state index contributed by atoms with van der Waals surface area (Å²) in [5, 5.41) is 33.6. The summed E-state index contributed by atoms with van der Waals surface area (Å²) in [6.07, 6.45) is 0.293. The number of allylic oxidation sites excluding steroid dienone is 2. The van der Waals surface area contributed by atoms with Crippen molar-refractivity contribution >= 4 is 12.3 Å². The van der Waals surface area contributed by atoms with Crippen molar-refractivity contribution < 1.29 is 67.5 Å². The van der Waals surface area contributed by atoms with Crippen LogP contribution in [0.5, 0.6) is 0 Å². The Kier molecular flexibility index (Phi) is 19.6. The highest BCUT2D eigenvalue weighted by Crippen LogP contribution is 2.37. The van der Waals surface area contributed by atoms with Gasteiger partial charge in [-0.25, -0.2) is 0 Å². The Balaban J connectivity index is 1.69. The molecular weight excluding hydrogens is 780 g/mol. The lowest BCUT2D eigenvalue weighted by Crippen LogP contribution is -2.65. The number of ether oxygens (including phenoxy) is 9. The van der Waals surface area contributed by atoms with Gasteiger partial charge in [0.25, 0.3) is 0 Å². The van der Waals surface area contributed by atoms with Crippen molar-refractivity contribution in [2.75, 3.05) is 42.4 Å². The molecule has 0 aromatic carbocycles. The topological polar surface area (TPSA) is 184 Å². The molecule has 0 aromatic rings. The van der Waals surface area contributed by atoms with E-state index in [0.717, 1.165) is 12.7 Å². The minimum Gasteiger partial charge on any atom is -0.462 e. The number of carbonyl (C=O) groups excluding carboxylic acids is 2.